The Morgan fingerprint density at radius 2 is 1.71 bits per heavy atom. The van der Waals surface area contributed by atoms with E-state index < -0.39 is 0 Å². The molecular formula is C26H32N2O3. The zero-order chi connectivity index (χ0) is 22.5. The lowest BCUT2D eigenvalue weighted by Crippen LogP contribution is -2.15. The lowest BCUT2D eigenvalue weighted by atomic mass is 9.96. The summed E-state index contributed by atoms with van der Waals surface area (Å²) in [6, 6.07) is 8.27. The third kappa shape index (κ3) is 4.82. The maximum absolute atomic E-state index is 12.0. The molecule has 1 aliphatic rings. The summed E-state index contributed by atoms with van der Waals surface area (Å²) >= 11 is 0. The lowest BCUT2D eigenvalue weighted by Gasteiger charge is -2.10. The quantitative estimate of drug-likeness (QED) is 0.611. The molecular weight excluding hydrogens is 388 g/mol. The highest BCUT2D eigenvalue weighted by atomic mass is 16.5. The van der Waals surface area contributed by atoms with Crippen molar-refractivity contribution in [1.82, 2.24) is 10.3 Å². The van der Waals surface area contributed by atoms with E-state index in [-0.39, 0.29) is 11.9 Å². The molecule has 0 unspecified atom stereocenters. The summed E-state index contributed by atoms with van der Waals surface area (Å²) < 4.78 is 4.80. The van der Waals surface area contributed by atoms with Crippen molar-refractivity contribution in [3.63, 3.8) is 0 Å². The summed E-state index contributed by atoms with van der Waals surface area (Å²) in [6.45, 7) is 8.18. The number of amides is 1. The number of esters is 1. The minimum absolute atomic E-state index is 0.0242. The number of carbonyl (C=O) groups is 2. The van der Waals surface area contributed by atoms with Crippen LogP contribution in [-0.2, 0) is 40.0 Å². The van der Waals surface area contributed by atoms with E-state index in [1.807, 2.05) is 26.0 Å². The van der Waals surface area contributed by atoms with Gasteiger partial charge in [0.2, 0.25) is 0 Å². The van der Waals surface area contributed by atoms with Crippen molar-refractivity contribution < 1.29 is 14.3 Å². The Labute approximate surface area is 184 Å². The number of nitrogens with one attached hydrogen (secondary N) is 2. The highest BCUT2D eigenvalue weighted by Crippen LogP contribution is 2.28. The number of benzene rings is 1. The minimum atomic E-state index is -0.191. The summed E-state index contributed by atoms with van der Waals surface area (Å²) in [4.78, 5) is 27.3. The first-order chi connectivity index (χ1) is 14.9. The van der Waals surface area contributed by atoms with Crippen LogP contribution in [-0.4, -0.2) is 24.0 Å². The van der Waals surface area contributed by atoms with Gasteiger partial charge in [-0.2, -0.15) is 0 Å². The Hall–Kier alpha value is -3.08. The van der Waals surface area contributed by atoms with Crippen LogP contribution in [0.25, 0.3) is 6.08 Å². The van der Waals surface area contributed by atoms with Gasteiger partial charge in [-0.1, -0.05) is 38.1 Å². The molecule has 164 valence electrons. The van der Waals surface area contributed by atoms with Crippen molar-refractivity contribution in [2.24, 2.45) is 0 Å². The fourth-order valence-corrected chi connectivity index (χ4v) is 4.24. The molecule has 0 saturated carbocycles. The van der Waals surface area contributed by atoms with Crippen molar-refractivity contribution in [3.8, 4) is 0 Å². The molecule has 0 aliphatic carbocycles. The monoisotopic (exact) mass is 420 g/mol. The summed E-state index contributed by atoms with van der Waals surface area (Å²) in [5, 5.41) is 2.98. The number of allylic oxidation sites excluding steroid dienone is 1. The number of aromatic amines is 1. The van der Waals surface area contributed by atoms with Crippen molar-refractivity contribution >= 4 is 18.0 Å². The smallest absolute Gasteiger partial charge is 0.305 e. The van der Waals surface area contributed by atoms with Crippen LogP contribution in [0.15, 0.2) is 41.1 Å². The summed E-state index contributed by atoms with van der Waals surface area (Å²) in [5.41, 5.74) is 9.89. The predicted octanol–water partition coefficient (Wildman–Crippen LogP) is 4.64. The molecule has 2 heterocycles. The summed E-state index contributed by atoms with van der Waals surface area (Å²) in [5.74, 6) is -0.216. The maximum Gasteiger partial charge on any atom is 0.305 e. The molecule has 31 heavy (non-hydrogen) atoms. The first-order valence-electron chi connectivity index (χ1n) is 11.0. The number of carbonyl (C=O) groups excluding carboxylic acids is 2. The van der Waals surface area contributed by atoms with Crippen LogP contribution in [0.1, 0.15) is 67.8 Å². The molecule has 0 radical (unpaired) electrons. The van der Waals surface area contributed by atoms with E-state index in [1.165, 1.54) is 35.1 Å². The molecule has 3 rings (SSSR count). The molecule has 1 aromatic heterocycles. The summed E-state index contributed by atoms with van der Waals surface area (Å²) in [7, 11) is 1.42. The third-order valence-corrected chi connectivity index (χ3v) is 6.20. The lowest BCUT2D eigenvalue weighted by molar-refractivity contribution is -0.140. The van der Waals surface area contributed by atoms with Gasteiger partial charge in [-0.25, -0.2) is 0 Å². The van der Waals surface area contributed by atoms with Crippen LogP contribution in [0.3, 0.4) is 0 Å². The number of ether oxygens (including phenoxy) is 1. The van der Waals surface area contributed by atoms with E-state index >= 15 is 0 Å². The second-order valence-electron chi connectivity index (χ2n) is 7.97. The average Bonchev–Trinajstić information content (AvgIpc) is 3.23. The van der Waals surface area contributed by atoms with Gasteiger partial charge in [0.25, 0.3) is 5.91 Å². The Kier molecular flexibility index (Phi) is 7.16. The van der Waals surface area contributed by atoms with Gasteiger partial charge >= 0.3 is 5.97 Å². The van der Waals surface area contributed by atoms with Gasteiger partial charge in [0.05, 0.1) is 7.11 Å². The average molecular weight is 421 g/mol. The molecule has 0 bridgehead atoms. The number of methoxy groups -OCH3 is 1. The Morgan fingerprint density at radius 1 is 1.03 bits per heavy atom. The number of hydrogen-bond acceptors (Lipinski definition) is 3. The first kappa shape index (κ1) is 22.6. The molecule has 1 aromatic carbocycles. The zero-order valence-electron chi connectivity index (χ0n) is 19.1. The third-order valence-electron chi connectivity index (χ3n) is 6.20. The van der Waals surface area contributed by atoms with E-state index in [4.69, 9.17) is 4.74 Å². The van der Waals surface area contributed by atoms with Gasteiger partial charge in [-0.05, 0) is 67.0 Å². The van der Waals surface area contributed by atoms with Crippen molar-refractivity contribution in [2.45, 2.75) is 59.8 Å². The van der Waals surface area contributed by atoms with Gasteiger partial charge in [0, 0.05) is 35.5 Å². The number of rotatable bonds is 8. The van der Waals surface area contributed by atoms with Gasteiger partial charge in [-0.15, -0.1) is 0 Å². The van der Waals surface area contributed by atoms with Crippen LogP contribution < -0.4 is 5.32 Å². The number of aryl methyl sites for hydroxylation is 1. The highest BCUT2D eigenvalue weighted by Gasteiger charge is 2.22. The largest absolute Gasteiger partial charge is 0.469 e. The molecule has 2 N–H and O–H groups in total. The molecule has 0 spiro atoms. The van der Waals surface area contributed by atoms with Crippen LogP contribution in [0.4, 0.5) is 0 Å². The van der Waals surface area contributed by atoms with Gasteiger partial charge in [0.1, 0.15) is 0 Å². The predicted molar refractivity (Wildman–Crippen MR) is 124 cm³/mol. The van der Waals surface area contributed by atoms with Gasteiger partial charge in [-0.3, -0.25) is 9.59 Å². The second-order valence-corrected chi connectivity index (χ2v) is 7.97. The fourth-order valence-electron chi connectivity index (χ4n) is 4.24. The number of aromatic nitrogens is 1. The van der Waals surface area contributed by atoms with Crippen molar-refractivity contribution in [2.75, 3.05) is 7.11 Å². The molecule has 0 saturated heterocycles. The highest BCUT2D eigenvalue weighted by molar-refractivity contribution is 6.00. The standard InChI is InChI=1S/C26H32N2O3/c1-6-20-21(7-2)24(15-22-16(3)17(4)26(30)28-22)27-23(20)14-19-11-9-8-10-18(19)12-13-25(29)31-5/h8-11,15,27H,6-7,12-14H2,1-5H3,(H,28,30)/b22-15-. The van der Waals surface area contributed by atoms with E-state index in [1.54, 1.807) is 0 Å². The van der Waals surface area contributed by atoms with E-state index in [2.05, 4.69) is 42.4 Å². The van der Waals surface area contributed by atoms with E-state index in [0.717, 1.165) is 41.8 Å². The van der Waals surface area contributed by atoms with E-state index in [9.17, 15) is 9.59 Å². The summed E-state index contributed by atoms with van der Waals surface area (Å²) in [6.07, 6.45) is 5.73. The molecule has 0 atom stereocenters. The number of H-pyrrole nitrogens is 1. The van der Waals surface area contributed by atoms with Crippen molar-refractivity contribution in [1.29, 1.82) is 0 Å². The SMILES string of the molecule is CCc1c(/C=C2\NC(=O)C(C)=C2C)[nH]c(Cc2ccccc2CCC(=O)OC)c1CC. The normalized spacial score (nSPS) is 15.0. The zero-order valence-corrected chi connectivity index (χ0v) is 19.1. The molecule has 2 aromatic rings. The fraction of sp³-hybridized carbons (Fsp3) is 0.385. The molecule has 5 nitrogen and oxygen atoms in total. The molecule has 5 heteroatoms. The Morgan fingerprint density at radius 3 is 2.29 bits per heavy atom. The minimum Gasteiger partial charge on any atom is -0.469 e. The topological polar surface area (TPSA) is 71.2 Å². The van der Waals surface area contributed by atoms with Crippen molar-refractivity contribution in [3.05, 3.63) is 74.8 Å². The van der Waals surface area contributed by atoms with Gasteiger partial charge < -0.3 is 15.0 Å². The van der Waals surface area contributed by atoms with Gasteiger partial charge in [0.15, 0.2) is 0 Å². The maximum atomic E-state index is 12.0. The molecule has 1 aliphatic heterocycles. The van der Waals surface area contributed by atoms with Crippen LogP contribution in [0.5, 0.6) is 0 Å². The van der Waals surface area contributed by atoms with E-state index in [0.29, 0.717) is 12.8 Å². The van der Waals surface area contributed by atoms with Crippen LogP contribution >= 0.6 is 0 Å². The Bertz CT molecular complexity index is 1060. The first-order valence-corrected chi connectivity index (χ1v) is 11.0. The molecule has 1 amide bonds. The number of hydrogen-bond donors (Lipinski definition) is 2. The molecule has 0 fully saturated rings. The van der Waals surface area contributed by atoms with Crippen LogP contribution in [0.2, 0.25) is 0 Å². The van der Waals surface area contributed by atoms with Crippen LogP contribution in [0, 0.1) is 0 Å². The Balaban J connectivity index is 1.95. The second kappa shape index (κ2) is 9.82.